The van der Waals surface area contributed by atoms with Gasteiger partial charge < -0.3 is 10.7 Å². The van der Waals surface area contributed by atoms with Crippen molar-refractivity contribution in [2.75, 3.05) is 17.0 Å². The second kappa shape index (κ2) is 6.24. The predicted molar refractivity (Wildman–Crippen MR) is 77.8 cm³/mol. The lowest BCUT2D eigenvalue weighted by atomic mass is 9.95. The molecule has 4 N–H and O–H groups in total. The van der Waals surface area contributed by atoms with Gasteiger partial charge in [-0.05, 0) is 32.4 Å². The average Bonchev–Trinajstić information content (AvgIpc) is 2.41. The van der Waals surface area contributed by atoms with E-state index in [2.05, 4.69) is 27.0 Å². The standard InChI is InChI=1S/C12H21N5S/c1-8-11(14-7-15-12(8)17-13)16-9-4-3-5-10(6-9)18-2/h7,9-10H,3-6,13H2,1-2H3,(H2,14,15,16,17). The Kier molecular flexibility index (Phi) is 4.66. The van der Waals surface area contributed by atoms with E-state index in [0.29, 0.717) is 11.9 Å². The molecule has 2 atom stereocenters. The van der Waals surface area contributed by atoms with Gasteiger partial charge in [0.15, 0.2) is 0 Å². The molecular formula is C12H21N5S. The molecule has 0 aliphatic heterocycles. The summed E-state index contributed by atoms with van der Waals surface area (Å²) in [5.74, 6) is 7.00. The first-order chi connectivity index (χ1) is 8.74. The minimum atomic E-state index is 0.510. The van der Waals surface area contributed by atoms with E-state index in [1.54, 1.807) is 6.33 Å². The van der Waals surface area contributed by atoms with Gasteiger partial charge in [-0.1, -0.05) is 6.42 Å². The molecule has 100 valence electrons. The van der Waals surface area contributed by atoms with Gasteiger partial charge in [-0.15, -0.1) is 0 Å². The maximum absolute atomic E-state index is 5.42. The zero-order valence-corrected chi connectivity index (χ0v) is 11.8. The topological polar surface area (TPSA) is 75.9 Å². The Hall–Kier alpha value is -1.01. The smallest absolute Gasteiger partial charge is 0.148 e. The molecule has 0 amide bonds. The highest BCUT2D eigenvalue weighted by molar-refractivity contribution is 7.99. The van der Waals surface area contributed by atoms with E-state index in [-0.39, 0.29) is 0 Å². The predicted octanol–water partition coefficient (Wildman–Crippen LogP) is 2.16. The van der Waals surface area contributed by atoms with Crippen LogP contribution in [0.5, 0.6) is 0 Å². The monoisotopic (exact) mass is 267 g/mol. The van der Waals surface area contributed by atoms with E-state index >= 15 is 0 Å². The summed E-state index contributed by atoms with van der Waals surface area (Å²) in [7, 11) is 0. The quantitative estimate of drug-likeness (QED) is 0.573. The first kappa shape index (κ1) is 13.4. The van der Waals surface area contributed by atoms with Crippen LogP contribution >= 0.6 is 11.8 Å². The van der Waals surface area contributed by atoms with Crippen LogP contribution < -0.4 is 16.6 Å². The van der Waals surface area contributed by atoms with Crippen molar-refractivity contribution in [3.05, 3.63) is 11.9 Å². The minimum absolute atomic E-state index is 0.510. The summed E-state index contributed by atoms with van der Waals surface area (Å²) < 4.78 is 0. The number of hydrogen-bond donors (Lipinski definition) is 3. The zero-order chi connectivity index (χ0) is 13.0. The maximum Gasteiger partial charge on any atom is 0.148 e. The lowest BCUT2D eigenvalue weighted by Crippen LogP contribution is -2.29. The molecule has 1 saturated carbocycles. The van der Waals surface area contributed by atoms with Gasteiger partial charge in [0.2, 0.25) is 0 Å². The van der Waals surface area contributed by atoms with Crippen molar-refractivity contribution in [3.63, 3.8) is 0 Å². The summed E-state index contributed by atoms with van der Waals surface area (Å²) in [5.41, 5.74) is 3.58. The number of aromatic nitrogens is 2. The van der Waals surface area contributed by atoms with E-state index in [4.69, 9.17) is 5.84 Å². The molecule has 0 radical (unpaired) electrons. The van der Waals surface area contributed by atoms with Crippen LogP contribution in [0.3, 0.4) is 0 Å². The molecule has 1 aliphatic carbocycles. The zero-order valence-electron chi connectivity index (χ0n) is 10.9. The highest BCUT2D eigenvalue weighted by Gasteiger charge is 2.22. The second-order valence-electron chi connectivity index (χ2n) is 4.71. The van der Waals surface area contributed by atoms with E-state index in [9.17, 15) is 0 Å². The van der Waals surface area contributed by atoms with Crippen molar-refractivity contribution in [2.45, 2.75) is 43.9 Å². The van der Waals surface area contributed by atoms with Crippen molar-refractivity contribution in [1.82, 2.24) is 9.97 Å². The van der Waals surface area contributed by atoms with Crippen LogP contribution in [0.4, 0.5) is 11.6 Å². The van der Waals surface area contributed by atoms with Crippen LogP contribution in [0.15, 0.2) is 6.33 Å². The lowest BCUT2D eigenvalue weighted by molar-refractivity contribution is 0.472. The Bertz CT molecular complexity index is 398. The lowest BCUT2D eigenvalue weighted by Gasteiger charge is -2.29. The summed E-state index contributed by atoms with van der Waals surface area (Å²) >= 11 is 1.97. The summed E-state index contributed by atoms with van der Waals surface area (Å²) in [5, 5.41) is 4.30. The average molecular weight is 267 g/mol. The van der Waals surface area contributed by atoms with Crippen LogP contribution in [0.2, 0.25) is 0 Å². The van der Waals surface area contributed by atoms with E-state index in [1.165, 1.54) is 25.7 Å². The fourth-order valence-electron chi connectivity index (χ4n) is 2.42. The summed E-state index contributed by atoms with van der Waals surface area (Å²) in [6, 6.07) is 0.510. The number of hydrogen-bond acceptors (Lipinski definition) is 6. The van der Waals surface area contributed by atoms with Crippen LogP contribution in [-0.2, 0) is 0 Å². The highest BCUT2D eigenvalue weighted by atomic mass is 32.2. The molecular weight excluding hydrogens is 246 g/mol. The third kappa shape index (κ3) is 3.05. The Morgan fingerprint density at radius 3 is 2.83 bits per heavy atom. The summed E-state index contributed by atoms with van der Waals surface area (Å²) in [6.45, 7) is 1.98. The highest BCUT2D eigenvalue weighted by Crippen LogP contribution is 2.29. The molecule has 6 heteroatoms. The molecule has 0 saturated heterocycles. The molecule has 1 aliphatic rings. The van der Waals surface area contributed by atoms with Crippen molar-refractivity contribution >= 4 is 23.4 Å². The summed E-state index contributed by atoms with van der Waals surface area (Å²) in [6.07, 6.45) is 8.77. The Morgan fingerprint density at radius 1 is 1.33 bits per heavy atom. The number of thioether (sulfide) groups is 1. The number of hydrazine groups is 1. The number of anilines is 2. The molecule has 0 aromatic carbocycles. The van der Waals surface area contributed by atoms with E-state index < -0.39 is 0 Å². The van der Waals surface area contributed by atoms with Gasteiger partial charge >= 0.3 is 0 Å². The third-order valence-electron chi connectivity index (χ3n) is 3.52. The van der Waals surface area contributed by atoms with E-state index in [0.717, 1.165) is 16.6 Å². The van der Waals surface area contributed by atoms with Crippen molar-refractivity contribution < 1.29 is 0 Å². The molecule has 1 aromatic heterocycles. The van der Waals surface area contributed by atoms with E-state index in [1.807, 2.05) is 18.7 Å². The normalized spacial score (nSPS) is 23.7. The molecule has 2 rings (SSSR count). The van der Waals surface area contributed by atoms with Crippen molar-refractivity contribution in [3.8, 4) is 0 Å². The van der Waals surface area contributed by atoms with Crippen LogP contribution in [0.1, 0.15) is 31.2 Å². The van der Waals surface area contributed by atoms with Gasteiger partial charge in [0.05, 0.1) is 0 Å². The molecule has 5 nitrogen and oxygen atoms in total. The SMILES string of the molecule is CSC1CCCC(Nc2ncnc(NN)c2C)C1. The van der Waals surface area contributed by atoms with Crippen molar-refractivity contribution in [2.24, 2.45) is 5.84 Å². The van der Waals surface area contributed by atoms with Gasteiger partial charge in [0.25, 0.3) is 0 Å². The maximum atomic E-state index is 5.42. The molecule has 2 unspecified atom stereocenters. The van der Waals surface area contributed by atoms with Gasteiger partial charge in [-0.3, -0.25) is 0 Å². The number of nitrogens with one attached hydrogen (secondary N) is 2. The Morgan fingerprint density at radius 2 is 2.11 bits per heavy atom. The van der Waals surface area contributed by atoms with Crippen LogP contribution in [0.25, 0.3) is 0 Å². The first-order valence-corrected chi connectivity index (χ1v) is 7.61. The molecule has 1 aromatic rings. The number of rotatable bonds is 4. The van der Waals surface area contributed by atoms with Crippen LogP contribution in [0, 0.1) is 6.92 Å². The molecule has 1 heterocycles. The van der Waals surface area contributed by atoms with Crippen molar-refractivity contribution in [1.29, 1.82) is 0 Å². The summed E-state index contributed by atoms with van der Waals surface area (Å²) in [4.78, 5) is 8.40. The fraction of sp³-hybridized carbons (Fsp3) is 0.667. The second-order valence-corrected chi connectivity index (χ2v) is 5.84. The molecule has 0 spiro atoms. The molecule has 1 fully saturated rings. The molecule has 0 bridgehead atoms. The van der Waals surface area contributed by atoms with Gasteiger partial charge in [0.1, 0.15) is 18.0 Å². The molecule has 18 heavy (non-hydrogen) atoms. The van der Waals surface area contributed by atoms with Gasteiger partial charge in [-0.2, -0.15) is 11.8 Å². The van der Waals surface area contributed by atoms with Gasteiger partial charge in [0, 0.05) is 16.9 Å². The fourth-order valence-corrected chi connectivity index (χ4v) is 3.25. The van der Waals surface area contributed by atoms with Gasteiger partial charge in [-0.25, -0.2) is 15.8 Å². The number of nitrogen functional groups attached to an aromatic ring is 1. The Labute approximate surface area is 112 Å². The minimum Gasteiger partial charge on any atom is -0.367 e. The number of nitrogens with two attached hydrogens (primary N) is 1. The van der Waals surface area contributed by atoms with Crippen LogP contribution in [-0.4, -0.2) is 27.5 Å². The Balaban J connectivity index is 2.04. The third-order valence-corrected chi connectivity index (χ3v) is 4.62. The first-order valence-electron chi connectivity index (χ1n) is 6.32. The largest absolute Gasteiger partial charge is 0.367 e. The number of nitrogens with zero attached hydrogens (tertiary/aromatic N) is 2.